The quantitative estimate of drug-likeness (QED) is 0.687. The van der Waals surface area contributed by atoms with Crippen molar-refractivity contribution in [3.63, 3.8) is 0 Å². The summed E-state index contributed by atoms with van der Waals surface area (Å²) in [6.45, 7) is -3.33. The summed E-state index contributed by atoms with van der Waals surface area (Å²) in [7, 11) is 1.52. The summed E-state index contributed by atoms with van der Waals surface area (Å²) in [6.07, 6.45) is -0.960. The van der Waals surface area contributed by atoms with Crippen LogP contribution < -0.4 is 0 Å². The molecule has 0 saturated heterocycles. The highest BCUT2D eigenvalue weighted by molar-refractivity contribution is 6.58. The van der Waals surface area contributed by atoms with Gasteiger partial charge in [-0.15, -0.1) is 0 Å². The Hall–Kier alpha value is -0.645. The van der Waals surface area contributed by atoms with Gasteiger partial charge in [0.1, 0.15) is 5.15 Å². The maximum atomic E-state index is 12.1. The fourth-order valence-corrected chi connectivity index (χ4v) is 1.39. The number of hydrogen-bond acceptors (Lipinski definition) is 1. The number of aromatic nitrogens is 2. The number of aryl methyl sites for hydroxylation is 2. The first-order valence-electron chi connectivity index (χ1n) is 3.70. The Labute approximate surface area is 78.7 Å². The molecule has 0 fully saturated rings. The lowest BCUT2D eigenvalue weighted by Gasteiger charge is -2.12. The van der Waals surface area contributed by atoms with Crippen molar-refractivity contribution in [2.75, 3.05) is 0 Å². The van der Waals surface area contributed by atoms with Gasteiger partial charge in [-0.1, -0.05) is 17.9 Å². The molecule has 1 aromatic rings. The molecule has 1 aromatic heterocycles. The molecular formula is C6H8BClF3N2-. The largest absolute Gasteiger partial charge is 0.482 e. The molecule has 1 heterocycles. The number of nitrogens with zero attached hydrogens (tertiary/aromatic N) is 2. The zero-order valence-electron chi connectivity index (χ0n) is 7.19. The van der Waals surface area contributed by atoms with Crippen molar-refractivity contribution in [2.24, 2.45) is 7.05 Å². The average Bonchev–Trinajstić information content (AvgIpc) is 2.14. The second-order valence-corrected chi connectivity index (χ2v) is 3.25. The summed E-state index contributed by atoms with van der Waals surface area (Å²) in [6, 6.07) is 0. The highest BCUT2D eigenvalue weighted by Crippen LogP contribution is 2.24. The molecule has 0 bridgehead atoms. The third-order valence-corrected chi connectivity index (χ3v) is 2.18. The van der Waals surface area contributed by atoms with Gasteiger partial charge in [-0.25, -0.2) is 0 Å². The van der Waals surface area contributed by atoms with Crippen LogP contribution in [-0.2, 0) is 13.4 Å². The van der Waals surface area contributed by atoms with Gasteiger partial charge >= 0.3 is 6.98 Å². The summed E-state index contributed by atoms with van der Waals surface area (Å²) in [5.41, 5.74) is 0.420. The van der Waals surface area contributed by atoms with E-state index in [1.807, 2.05) is 0 Å². The number of halogens is 4. The lowest BCUT2D eigenvalue weighted by Crippen LogP contribution is -2.19. The van der Waals surface area contributed by atoms with E-state index in [0.717, 1.165) is 0 Å². The van der Waals surface area contributed by atoms with Crippen LogP contribution in [0.15, 0.2) is 0 Å². The minimum absolute atomic E-state index is 0.0664. The molecule has 0 unspecified atom stereocenters. The normalized spacial score (nSPS) is 12.2. The molecule has 0 aromatic carbocycles. The van der Waals surface area contributed by atoms with Crippen LogP contribution >= 0.6 is 11.6 Å². The molecule has 0 atom stereocenters. The number of hydrogen-bond donors (Lipinski definition) is 0. The van der Waals surface area contributed by atoms with Crippen molar-refractivity contribution < 1.29 is 12.9 Å². The fraction of sp³-hybridized carbons (Fsp3) is 0.500. The monoisotopic (exact) mass is 211 g/mol. The van der Waals surface area contributed by atoms with Crippen molar-refractivity contribution in [3.05, 3.63) is 16.4 Å². The van der Waals surface area contributed by atoms with Crippen LogP contribution in [0, 0.1) is 6.92 Å². The van der Waals surface area contributed by atoms with Crippen LogP contribution in [0.1, 0.15) is 11.3 Å². The Bertz CT molecular complexity index is 320. The van der Waals surface area contributed by atoms with Crippen molar-refractivity contribution in [3.8, 4) is 0 Å². The third kappa shape index (κ3) is 2.40. The van der Waals surface area contributed by atoms with Crippen LogP contribution in [0.4, 0.5) is 12.9 Å². The molecule has 0 radical (unpaired) electrons. The van der Waals surface area contributed by atoms with Crippen LogP contribution in [0.25, 0.3) is 0 Å². The van der Waals surface area contributed by atoms with Gasteiger partial charge in [-0.2, -0.15) is 5.10 Å². The Kier molecular flexibility index (Phi) is 2.61. The Balaban J connectivity index is 3.01. The second kappa shape index (κ2) is 3.25. The minimum Gasteiger partial charge on any atom is -0.449 e. The molecular weight excluding hydrogens is 203 g/mol. The lowest BCUT2D eigenvalue weighted by atomic mass is 9.82. The molecule has 0 aliphatic rings. The van der Waals surface area contributed by atoms with E-state index in [1.54, 1.807) is 0 Å². The second-order valence-electron chi connectivity index (χ2n) is 2.89. The van der Waals surface area contributed by atoms with Crippen LogP contribution in [0.5, 0.6) is 0 Å². The molecule has 0 spiro atoms. The van der Waals surface area contributed by atoms with Gasteiger partial charge in [0.2, 0.25) is 0 Å². The molecule has 7 heteroatoms. The first kappa shape index (κ1) is 10.4. The predicted molar refractivity (Wildman–Crippen MR) is 45.7 cm³/mol. The first-order chi connectivity index (χ1) is 5.81. The van der Waals surface area contributed by atoms with Gasteiger partial charge in [0.25, 0.3) is 0 Å². The Morgan fingerprint density at radius 2 is 2.00 bits per heavy atom. The average molecular weight is 211 g/mol. The van der Waals surface area contributed by atoms with Gasteiger partial charge in [0, 0.05) is 7.05 Å². The summed E-state index contributed by atoms with van der Waals surface area (Å²) >= 11 is 5.63. The van der Waals surface area contributed by atoms with Gasteiger partial charge in [0.05, 0.1) is 5.69 Å². The van der Waals surface area contributed by atoms with E-state index in [-0.39, 0.29) is 10.7 Å². The Morgan fingerprint density at radius 1 is 1.46 bits per heavy atom. The van der Waals surface area contributed by atoms with Crippen molar-refractivity contribution >= 4 is 18.6 Å². The standard InChI is InChI=1S/C6H8BClF3N2/c1-4-5(3-7(9,10)11)6(8)13(2)12-4/h3H2,1-2H3/q-1. The molecule has 0 N–H and O–H groups in total. The van der Waals surface area contributed by atoms with Gasteiger partial charge < -0.3 is 12.9 Å². The molecule has 13 heavy (non-hydrogen) atoms. The maximum Gasteiger partial charge on any atom is 0.482 e. The number of rotatable bonds is 2. The highest BCUT2D eigenvalue weighted by atomic mass is 35.5. The summed E-state index contributed by atoms with van der Waals surface area (Å²) in [5.74, 6) is 0. The SMILES string of the molecule is Cc1nn(C)c(Cl)c1C[B-](F)(F)F. The summed E-state index contributed by atoms with van der Waals surface area (Å²) in [5, 5.41) is 3.86. The fourth-order valence-electron chi connectivity index (χ4n) is 1.14. The zero-order chi connectivity index (χ0) is 10.2. The van der Waals surface area contributed by atoms with Gasteiger partial charge in [-0.05, 0) is 12.5 Å². The molecule has 0 saturated carbocycles. The van der Waals surface area contributed by atoms with E-state index < -0.39 is 13.3 Å². The highest BCUT2D eigenvalue weighted by Gasteiger charge is 2.27. The van der Waals surface area contributed by atoms with E-state index in [4.69, 9.17) is 11.6 Å². The van der Waals surface area contributed by atoms with Crippen LogP contribution in [0.3, 0.4) is 0 Å². The van der Waals surface area contributed by atoms with E-state index in [0.29, 0.717) is 5.69 Å². The summed E-state index contributed by atoms with van der Waals surface area (Å²) < 4.78 is 37.5. The van der Waals surface area contributed by atoms with E-state index in [9.17, 15) is 12.9 Å². The zero-order valence-corrected chi connectivity index (χ0v) is 7.95. The van der Waals surface area contributed by atoms with Crippen molar-refractivity contribution in [2.45, 2.75) is 13.2 Å². The molecule has 1 rings (SSSR count). The first-order valence-corrected chi connectivity index (χ1v) is 4.08. The predicted octanol–water partition coefficient (Wildman–Crippen LogP) is 2.31. The topological polar surface area (TPSA) is 17.8 Å². The molecule has 2 nitrogen and oxygen atoms in total. The maximum absolute atomic E-state index is 12.1. The summed E-state index contributed by atoms with van der Waals surface area (Å²) in [4.78, 5) is 0. The smallest absolute Gasteiger partial charge is 0.449 e. The van der Waals surface area contributed by atoms with E-state index in [2.05, 4.69) is 5.10 Å². The molecule has 0 aliphatic carbocycles. The van der Waals surface area contributed by atoms with Crippen molar-refractivity contribution in [1.82, 2.24) is 9.78 Å². The lowest BCUT2D eigenvalue weighted by molar-refractivity contribution is 0.468. The Morgan fingerprint density at radius 3 is 2.31 bits per heavy atom. The van der Waals surface area contributed by atoms with Crippen molar-refractivity contribution in [1.29, 1.82) is 0 Å². The van der Waals surface area contributed by atoms with Gasteiger partial charge in [0.15, 0.2) is 0 Å². The van der Waals surface area contributed by atoms with E-state index in [1.165, 1.54) is 18.7 Å². The van der Waals surface area contributed by atoms with Gasteiger partial charge in [-0.3, -0.25) is 4.68 Å². The third-order valence-electron chi connectivity index (χ3n) is 1.71. The van der Waals surface area contributed by atoms with E-state index >= 15 is 0 Å². The van der Waals surface area contributed by atoms with Crippen LogP contribution in [-0.4, -0.2) is 16.8 Å². The molecule has 74 valence electrons. The molecule has 0 amide bonds. The minimum atomic E-state index is -4.84. The molecule has 0 aliphatic heterocycles. The van der Waals surface area contributed by atoms with Crippen LogP contribution in [0.2, 0.25) is 5.15 Å².